The van der Waals surface area contributed by atoms with E-state index in [4.69, 9.17) is 5.73 Å². The molecule has 0 aromatic rings. The van der Waals surface area contributed by atoms with Crippen LogP contribution in [0.2, 0.25) is 0 Å². The second-order valence-corrected chi connectivity index (χ2v) is 6.55. The Kier molecular flexibility index (Phi) is 5.12. The van der Waals surface area contributed by atoms with Crippen molar-refractivity contribution in [2.75, 3.05) is 24.6 Å². The van der Waals surface area contributed by atoms with E-state index < -0.39 is 0 Å². The molecule has 1 rings (SSSR count). The van der Waals surface area contributed by atoms with Gasteiger partial charge in [-0.1, -0.05) is 6.92 Å². The van der Waals surface area contributed by atoms with Crippen molar-refractivity contribution < 1.29 is 4.79 Å². The average Bonchev–Trinajstić information content (AvgIpc) is 2.15. The van der Waals surface area contributed by atoms with E-state index in [1.54, 1.807) is 11.8 Å². The molecule has 1 aliphatic heterocycles. The van der Waals surface area contributed by atoms with Gasteiger partial charge in [0.05, 0.1) is 5.75 Å². The lowest BCUT2D eigenvalue weighted by Gasteiger charge is -2.31. The van der Waals surface area contributed by atoms with Crippen LogP contribution >= 0.6 is 11.8 Å². The highest BCUT2D eigenvalue weighted by Crippen LogP contribution is 2.17. The first-order valence-electron chi connectivity index (χ1n) is 6.03. The molecule has 0 radical (unpaired) electrons. The molecule has 0 aliphatic carbocycles. The van der Waals surface area contributed by atoms with Gasteiger partial charge in [0, 0.05) is 24.4 Å². The SMILES string of the molecule is CC1CCCN(C(=O)CSCC(C)(C)N)C1. The molecule has 0 aromatic carbocycles. The van der Waals surface area contributed by atoms with Gasteiger partial charge in [-0.25, -0.2) is 0 Å². The Morgan fingerprint density at radius 3 is 2.81 bits per heavy atom. The lowest BCUT2D eigenvalue weighted by Crippen LogP contribution is -2.41. The Labute approximate surface area is 103 Å². The zero-order chi connectivity index (χ0) is 12.2. The third-order valence-electron chi connectivity index (χ3n) is 2.71. The van der Waals surface area contributed by atoms with Crippen LogP contribution in [0.1, 0.15) is 33.6 Å². The Bertz CT molecular complexity index is 238. The normalized spacial score (nSPS) is 22.2. The predicted octanol–water partition coefficient (Wildman–Crippen LogP) is 1.72. The summed E-state index contributed by atoms with van der Waals surface area (Å²) in [6.07, 6.45) is 2.41. The van der Waals surface area contributed by atoms with Gasteiger partial charge in [-0.2, -0.15) is 11.8 Å². The summed E-state index contributed by atoms with van der Waals surface area (Å²) in [6.45, 7) is 8.08. The van der Waals surface area contributed by atoms with E-state index in [-0.39, 0.29) is 11.4 Å². The largest absolute Gasteiger partial charge is 0.342 e. The highest BCUT2D eigenvalue weighted by molar-refractivity contribution is 8.00. The van der Waals surface area contributed by atoms with Gasteiger partial charge < -0.3 is 10.6 Å². The van der Waals surface area contributed by atoms with Gasteiger partial charge in [-0.3, -0.25) is 4.79 Å². The molecule has 1 heterocycles. The van der Waals surface area contributed by atoms with E-state index >= 15 is 0 Å². The van der Waals surface area contributed by atoms with Gasteiger partial charge in [0.1, 0.15) is 0 Å². The number of thioether (sulfide) groups is 1. The topological polar surface area (TPSA) is 46.3 Å². The van der Waals surface area contributed by atoms with Crippen molar-refractivity contribution in [3.05, 3.63) is 0 Å². The van der Waals surface area contributed by atoms with Crippen LogP contribution in [0.3, 0.4) is 0 Å². The summed E-state index contributed by atoms with van der Waals surface area (Å²) in [5, 5.41) is 0. The van der Waals surface area contributed by atoms with Crippen molar-refractivity contribution in [1.82, 2.24) is 4.90 Å². The van der Waals surface area contributed by atoms with Crippen molar-refractivity contribution in [2.45, 2.75) is 39.2 Å². The fourth-order valence-electron chi connectivity index (χ4n) is 1.91. The van der Waals surface area contributed by atoms with E-state index in [0.29, 0.717) is 11.7 Å². The molecule has 0 saturated carbocycles. The smallest absolute Gasteiger partial charge is 0.232 e. The number of likely N-dealkylation sites (tertiary alicyclic amines) is 1. The van der Waals surface area contributed by atoms with Gasteiger partial charge in [0.15, 0.2) is 0 Å². The third kappa shape index (κ3) is 5.21. The van der Waals surface area contributed by atoms with Crippen LogP contribution in [0.4, 0.5) is 0 Å². The number of carbonyl (C=O) groups excluding carboxylic acids is 1. The number of hydrogen-bond donors (Lipinski definition) is 1. The first-order chi connectivity index (χ1) is 7.38. The second-order valence-electron chi connectivity index (χ2n) is 5.57. The minimum absolute atomic E-state index is 0.180. The molecular weight excluding hydrogens is 220 g/mol. The predicted molar refractivity (Wildman–Crippen MR) is 70.6 cm³/mol. The maximum Gasteiger partial charge on any atom is 0.232 e. The van der Waals surface area contributed by atoms with Crippen molar-refractivity contribution in [1.29, 1.82) is 0 Å². The maximum absolute atomic E-state index is 11.9. The Morgan fingerprint density at radius 1 is 1.56 bits per heavy atom. The molecule has 4 heteroatoms. The zero-order valence-electron chi connectivity index (χ0n) is 10.7. The maximum atomic E-state index is 11.9. The molecular formula is C12H24N2OS. The minimum Gasteiger partial charge on any atom is -0.342 e. The number of nitrogens with two attached hydrogens (primary N) is 1. The van der Waals surface area contributed by atoms with Crippen molar-refractivity contribution in [3.63, 3.8) is 0 Å². The summed E-state index contributed by atoms with van der Waals surface area (Å²) in [7, 11) is 0. The van der Waals surface area contributed by atoms with E-state index in [1.807, 2.05) is 18.7 Å². The van der Waals surface area contributed by atoms with Crippen LogP contribution < -0.4 is 5.73 Å². The standard InChI is InChI=1S/C12H24N2OS/c1-10-5-4-6-14(7-10)11(15)8-16-9-12(2,3)13/h10H,4-9,13H2,1-3H3. The number of carbonyl (C=O) groups is 1. The Hall–Kier alpha value is -0.220. The number of nitrogens with zero attached hydrogens (tertiary/aromatic N) is 1. The summed E-state index contributed by atoms with van der Waals surface area (Å²) in [5.41, 5.74) is 5.70. The Morgan fingerprint density at radius 2 is 2.25 bits per heavy atom. The van der Waals surface area contributed by atoms with E-state index in [0.717, 1.165) is 25.3 Å². The monoisotopic (exact) mass is 244 g/mol. The molecule has 1 fully saturated rings. The molecule has 2 N–H and O–H groups in total. The zero-order valence-corrected chi connectivity index (χ0v) is 11.5. The first kappa shape index (κ1) is 13.8. The Balaban J connectivity index is 2.24. The quantitative estimate of drug-likeness (QED) is 0.819. The molecule has 1 saturated heterocycles. The number of rotatable bonds is 4. The van der Waals surface area contributed by atoms with E-state index in [2.05, 4.69) is 6.92 Å². The van der Waals surface area contributed by atoms with Crippen LogP contribution in [0.25, 0.3) is 0 Å². The molecule has 0 aromatic heterocycles. The third-order valence-corrected chi connectivity index (χ3v) is 4.11. The van der Waals surface area contributed by atoms with E-state index in [1.165, 1.54) is 6.42 Å². The number of amides is 1. The van der Waals surface area contributed by atoms with Gasteiger partial charge >= 0.3 is 0 Å². The van der Waals surface area contributed by atoms with Gasteiger partial charge in [0.25, 0.3) is 0 Å². The lowest BCUT2D eigenvalue weighted by atomic mass is 10.0. The second kappa shape index (κ2) is 5.92. The van der Waals surface area contributed by atoms with Crippen LogP contribution in [-0.2, 0) is 4.79 Å². The summed E-state index contributed by atoms with van der Waals surface area (Å²) < 4.78 is 0. The molecule has 1 amide bonds. The fraction of sp³-hybridized carbons (Fsp3) is 0.917. The fourth-order valence-corrected chi connectivity index (χ4v) is 2.89. The number of hydrogen-bond acceptors (Lipinski definition) is 3. The van der Waals surface area contributed by atoms with Gasteiger partial charge in [-0.05, 0) is 32.6 Å². The molecule has 94 valence electrons. The van der Waals surface area contributed by atoms with Crippen LogP contribution in [0.15, 0.2) is 0 Å². The van der Waals surface area contributed by atoms with Gasteiger partial charge in [0.2, 0.25) is 5.91 Å². The summed E-state index contributed by atoms with van der Waals surface area (Å²) in [4.78, 5) is 13.9. The summed E-state index contributed by atoms with van der Waals surface area (Å²) in [6, 6.07) is 0. The summed E-state index contributed by atoms with van der Waals surface area (Å²) >= 11 is 1.65. The first-order valence-corrected chi connectivity index (χ1v) is 7.18. The van der Waals surface area contributed by atoms with E-state index in [9.17, 15) is 4.79 Å². The molecule has 1 aliphatic rings. The van der Waals surface area contributed by atoms with Crippen LogP contribution in [0.5, 0.6) is 0 Å². The van der Waals surface area contributed by atoms with Crippen molar-refractivity contribution >= 4 is 17.7 Å². The lowest BCUT2D eigenvalue weighted by molar-refractivity contribution is -0.130. The van der Waals surface area contributed by atoms with Crippen LogP contribution in [0, 0.1) is 5.92 Å². The molecule has 16 heavy (non-hydrogen) atoms. The summed E-state index contributed by atoms with van der Waals surface area (Å²) in [5.74, 6) is 2.35. The number of piperidine rings is 1. The molecule has 1 unspecified atom stereocenters. The highest BCUT2D eigenvalue weighted by atomic mass is 32.2. The molecule has 0 spiro atoms. The molecule has 0 bridgehead atoms. The highest BCUT2D eigenvalue weighted by Gasteiger charge is 2.21. The molecule has 3 nitrogen and oxygen atoms in total. The van der Waals surface area contributed by atoms with Crippen molar-refractivity contribution in [2.24, 2.45) is 11.7 Å². The minimum atomic E-state index is -0.180. The van der Waals surface area contributed by atoms with Gasteiger partial charge in [-0.15, -0.1) is 0 Å². The molecule has 1 atom stereocenters. The average molecular weight is 244 g/mol. The van der Waals surface area contributed by atoms with Crippen LogP contribution in [-0.4, -0.2) is 40.9 Å². The van der Waals surface area contributed by atoms with Crippen molar-refractivity contribution in [3.8, 4) is 0 Å².